The fraction of sp³-hybridized carbons (Fsp3) is 0.250. The molecule has 0 aliphatic heterocycles. The van der Waals surface area contributed by atoms with Gasteiger partial charge >= 0.3 is 0 Å². The molecule has 0 saturated carbocycles. The van der Waals surface area contributed by atoms with Crippen molar-refractivity contribution < 1.29 is 4.79 Å². The quantitative estimate of drug-likeness (QED) is 0.918. The molecule has 1 aromatic heterocycles. The number of halogens is 2. The summed E-state index contributed by atoms with van der Waals surface area (Å²) in [5, 5.41) is 3.03. The molecule has 0 saturated heterocycles. The first kappa shape index (κ1) is 16.6. The zero-order chi connectivity index (χ0) is 16.3. The molecule has 4 nitrogen and oxygen atoms in total. The fourth-order valence-corrected chi connectivity index (χ4v) is 2.50. The molecule has 0 fully saturated rings. The molecule has 0 atom stereocenters. The van der Waals surface area contributed by atoms with E-state index in [4.69, 9.17) is 23.2 Å². The SMILES string of the molecule is CC(C)c1ccc(NC(=O)Cn2cc(Cl)cc(Cl)c2=O)cc1. The average Bonchev–Trinajstić information content (AvgIpc) is 2.44. The average molecular weight is 339 g/mol. The van der Waals surface area contributed by atoms with E-state index in [9.17, 15) is 9.59 Å². The monoisotopic (exact) mass is 338 g/mol. The first-order chi connectivity index (χ1) is 10.4. The maximum Gasteiger partial charge on any atom is 0.269 e. The summed E-state index contributed by atoms with van der Waals surface area (Å²) < 4.78 is 1.18. The molecule has 0 aliphatic rings. The van der Waals surface area contributed by atoms with Gasteiger partial charge in [-0.3, -0.25) is 9.59 Å². The van der Waals surface area contributed by atoms with Gasteiger partial charge in [0.15, 0.2) is 0 Å². The number of anilines is 1. The van der Waals surface area contributed by atoms with Crippen LogP contribution < -0.4 is 10.9 Å². The molecule has 1 aromatic carbocycles. The van der Waals surface area contributed by atoms with E-state index in [0.29, 0.717) is 16.6 Å². The molecule has 0 bridgehead atoms. The molecule has 1 amide bonds. The Morgan fingerprint density at radius 3 is 2.45 bits per heavy atom. The van der Waals surface area contributed by atoms with Crippen molar-refractivity contribution in [3.8, 4) is 0 Å². The Bertz CT molecular complexity index is 737. The highest BCUT2D eigenvalue weighted by atomic mass is 35.5. The Morgan fingerprint density at radius 2 is 1.86 bits per heavy atom. The smallest absolute Gasteiger partial charge is 0.269 e. The van der Waals surface area contributed by atoms with Gasteiger partial charge in [0.05, 0.1) is 5.02 Å². The minimum Gasteiger partial charge on any atom is -0.325 e. The van der Waals surface area contributed by atoms with E-state index < -0.39 is 5.56 Å². The second-order valence-electron chi connectivity index (χ2n) is 5.26. The van der Waals surface area contributed by atoms with Crippen LogP contribution in [0.25, 0.3) is 0 Å². The van der Waals surface area contributed by atoms with Crippen molar-refractivity contribution in [3.05, 3.63) is 62.5 Å². The zero-order valence-electron chi connectivity index (χ0n) is 12.3. The van der Waals surface area contributed by atoms with Gasteiger partial charge in [0.25, 0.3) is 5.56 Å². The molecule has 0 unspecified atom stereocenters. The third-order valence-electron chi connectivity index (χ3n) is 3.18. The number of hydrogen-bond acceptors (Lipinski definition) is 2. The lowest BCUT2D eigenvalue weighted by atomic mass is 10.0. The lowest BCUT2D eigenvalue weighted by molar-refractivity contribution is -0.116. The summed E-state index contributed by atoms with van der Waals surface area (Å²) in [6, 6.07) is 8.94. The molecule has 2 rings (SSSR count). The van der Waals surface area contributed by atoms with Crippen molar-refractivity contribution in [1.82, 2.24) is 4.57 Å². The van der Waals surface area contributed by atoms with Crippen molar-refractivity contribution in [2.24, 2.45) is 0 Å². The van der Waals surface area contributed by atoms with Gasteiger partial charge in [0, 0.05) is 11.9 Å². The van der Waals surface area contributed by atoms with Crippen LogP contribution in [-0.4, -0.2) is 10.5 Å². The Hall–Kier alpha value is -1.78. The maximum absolute atomic E-state index is 12.0. The third kappa shape index (κ3) is 4.12. The molecule has 0 aliphatic carbocycles. The summed E-state index contributed by atoms with van der Waals surface area (Å²) >= 11 is 11.6. The van der Waals surface area contributed by atoms with E-state index in [2.05, 4.69) is 19.2 Å². The third-order valence-corrected chi connectivity index (χ3v) is 3.66. The molecular formula is C16H16Cl2N2O2. The van der Waals surface area contributed by atoms with Gasteiger partial charge in [0.1, 0.15) is 11.6 Å². The lowest BCUT2D eigenvalue weighted by Gasteiger charge is -2.10. The first-order valence-electron chi connectivity index (χ1n) is 6.82. The first-order valence-corrected chi connectivity index (χ1v) is 7.57. The number of rotatable bonds is 4. The van der Waals surface area contributed by atoms with E-state index in [1.165, 1.54) is 22.4 Å². The highest BCUT2D eigenvalue weighted by molar-refractivity contribution is 6.34. The van der Waals surface area contributed by atoms with Crippen molar-refractivity contribution in [1.29, 1.82) is 0 Å². The van der Waals surface area contributed by atoms with Gasteiger partial charge in [-0.25, -0.2) is 0 Å². The van der Waals surface area contributed by atoms with E-state index in [0.717, 1.165) is 0 Å². The van der Waals surface area contributed by atoms with Crippen LogP contribution in [0, 0.1) is 0 Å². The Kier molecular flexibility index (Phi) is 5.27. The van der Waals surface area contributed by atoms with Gasteiger partial charge in [-0.15, -0.1) is 0 Å². The normalized spacial score (nSPS) is 10.8. The standard InChI is InChI=1S/C16H16Cl2N2O2/c1-10(2)11-3-5-13(6-4-11)19-15(21)9-20-8-12(17)7-14(18)16(20)22/h3-8,10H,9H2,1-2H3,(H,19,21). The fourth-order valence-electron chi connectivity index (χ4n) is 1.99. The second-order valence-corrected chi connectivity index (χ2v) is 6.11. The van der Waals surface area contributed by atoms with Crippen LogP contribution >= 0.6 is 23.2 Å². The van der Waals surface area contributed by atoms with Crippen molar-refractivity contribution in [2.75, 3.05) is 5.32 Å². The summed E-state index contributed by atoms with van der Waals surface area (Å²) in [6.45, 7) is 4.05. The molecule has 0 spiro atoms. The summed E-state index contributed by atoms with van der Waals surface area (Å²) in [7, 11) is 0. The number of nitrogens with zero attached hydrogens (tertiary/aromatic N) is 1. The zero-order valence-corrected chi connectivity index (χ0v) is 13.8. The summed E-state index contributed by atoms with van der Waals surface area (Å²) in [6.07, 6.45) is 1.39. The molecule has 1 N–H and O–H groups in total. The van der Waals surface area contributed by atoms with Crippen LogP contribution in [-0.2, 0) is 11.3 Å². The van der Waals surface area contributed by atoms with Crippen molar-refractivity contribution >= 4 is 34.8 Å². The van der Waals surface area contributed by atoms with E-state index >= 15 is 0 Å². The van der Waals surface area contributed by atoms with Crippen LogP contribution in [0.2, 0.25) is 10.0 Å². The number of nitrogens with one attached hydrogen (secondary N) is 1. The summed E-state index contributed by atoms with van der Waals surface area (Å²) in [5.41, 5.74) is 1.42. The van der Waals surface area contributed by atoms with E-state index in [-0.39, 0.29) is 17.5 Å². The van der Waals surface area contributed by atoms with Gasteiger partial charge in [-0.2, -0.15) is 0 Å². The minimum absolute atomic E-state index is 0.0124. The minimum atomic E-state index is -0.448. The highest BCUT2D eigenvalue weighted by Crippen LogP contribution is 2.17. The lowest BCUT2D eigenvalue weighted by Crippen LogP contribution is -2.27. The highest BCUT2D eigenvalue weighted by Gasteiger charge is 2.09. The number of benzene rings is 1. The predicted octanol–water partition coefficient (Wildman–Crippen LogP) is 3.92. The second kappa shape index (κ2) is 6.99. The number of pyridine rings is 1. The molecule has 1 heterocycles. The van der Waals surface area contributed by atoms with Gasteiger partial charge in [-0.1, -0.05) is 49.2 Å². The van der Waals surface area contributed by atoms with Crippen LogP contribution in [0.15, 0.2) is 41.3 Å². The van der Waals surface area contributed by atoms with Crippen LogP contribution in [0.1, 0.15) is 25.3 Å². The molecular weight excluding hydrogens is 323 g/mol. The molecule has 22 heavy (non-hydrogen) atoms. The number of aromatic nitrogens is 1. The Balaban J connectivity index is 2.09. The number of hydrogen-bond donors (Lipinski definition) is 1. The van der Waals surface area contributed by atoms with Crippen molar-refractivity contribution in [2.45, 2.75) is 26.3 Å². The van der Waals surface area contributed by atoms with E-state index in [1.54, 1.807) is 0 Å². The summed E-state index contributed by atoms with van der Waals surface area (Å²) in [5.74, 6) is 0.106. The van der Waals surface area contributed by atoms with Crippen LogP contribution in [0.5, 0.6) is 0 Å². The molecule has 2 aromatic rings. The number of carbonyl (C=O) groups excluding carboxylic acids is 1. The van der Waals surface area contributed by atoms with Crippen molar-refractivity contribution in [3.63, 3.8) is 0 Å². The largest absolute Gasteiger partial charge is 0.325 e. The van der Waals surface area contributed by atoms with Gasteiger partial charge in [0.2, 0.25) is 5.91 Å². The molecule has 0 radical (unpaired) electrons. The Labute approximate surface area is 138 Å². The maximum atomic E-state index is 12.0. The predicted molar refractivity (Wildman–Crippen MR) is 89.9 cm³/mol. The number of amides is 1. The van der Waals surface area contributed by atoms with Gasteiger partial charge < -0.3 is 9.88 Å². The molecule has 116 valence electrons. The van der Waals surface area contributed by atoms with Crippen LogP contribution in [0.3, 0.4) is 0 Å². The van der Waals surface area contributed by atoms with Crippen LogP contribution in [0.4, 0.5) is 5.69 Å². The number of carbonyl (C=O) groups is 1. The van der Waals surface area contributed by atoms with E-state index in [1.807, 2.05) is 24.3 Å². The van der Waals surface area contributed by atoms with Gasteiger partial charge in [-0.05, 0) is 29.7 Å². The molecule has 6 heteroatoms. The summed E-state index contributed by atoms with van der Waals surface area (Å²) in [4.78, 5) is 23.8. The topological polar surface area (TPSA) is 51.1 Å². The Morgan fingerprint density at radius 1 is 1.23 bits per heavy atom.